The molecule has 0 aromatic carbocycles. The molecule has 16 nitrogen and oxygen atoms in total. The normalized spacial score (nSPS) is 24.1. The number of esters is 2. The maximum Gasteiger partial charge on any atom is 0.305 e. The Labute approximate surface area is 409 Å². The zero-order chi connectivity index (χ0) is 49.4. The van der Waals surface area contributed by atoms with Gasteiger partial charge >= 0.3 is 128 Å². The summed E-state index contributed by atoms with van der Waals surface area (Å²) in [5.41, 5.74) is 1.15. The summed E-state index contributed by atoms with van der Waals surface area (Å²) in [5.74, 6) is -2.69. The molecule has 6 heterocycles. The number of halogens is 5. The molecule has 2 saturated heterocycles. The quantitative estimate of drug-likeness (QED) is 0.0469. The average Bonchev–Trinajstić information content (AvgIpc) is 3.85. The number of hydrogen-bond acceptors (Lipinski definition) is 14. The van der Waals surface area contributed by atoms with Crippen molar-refractivity contribution in [2.45, 2.75) is 117 Å². The zero-order valence-corrected chi connectivity index (χ0v) is 44.3. The number of anilines is 2. The van der Waals surface area contributed by atoms with Crippen molar-refractivity contribution in [2.24, 2.45) is 49.6 Å². The van der Waals surface area contributed by atoms with E-state index < -0.39 is 30.2 Å². The fourth-order valence-electron chi connectivity index (χ4n) is 11.8. The Balaban J connectivity index is 0.000000143. The van der Waals surface area contributed by atoms with E-state index >= 15 is 0 Å². The molecule has 22 heteroatoms. The Kier molecular flexibility index (Phi) is 15.5. The first-order valence-electron chi connectivity index (χ1n) is 24.6. The van der Waals surface area contributed by atoms with Crippen LogP contribution in [0.25, 0.3) is 11.5 Å². The SMILES string of the molecule is CCC[CH2][Sn]([CH2]CC)([CH2]CCC)[c]1cnnn1C.COC(=O)CC1[C@H]2CN(c3nc(-c4cnnn4C)nc4c3CCC4(F)F)C[C@@H]12.COC(=O)CC1[C@H]2CN(c3nc(Cl)nc4c3CCC4(F)F)C[C@@H]12. The summed E-state index contributed by atoms with van der Waals surface area (Å²) in [6.07, 6.45) is 11.2. The number of ether oxygens (including phenoxy) is 2. The van der Waals surface area contributed by atoms with Crippen LogP contribution in [0, 0.1) is 35.5 Å². The van der Waals surface area contributed by atoms with Gasteiger partial charge in [-0.1, -0.05) is 5.21 Å². The van der Waals surface area contributed by atoms with Gasteiger partial charge in [0.2, 0.25) is 5.28 Å². The number of nitrogens with zero attached hydrogens (tertiary/aromatic N) is 12. The summed E-state index contributed by atoms with van der Waals surface area (Å²) in [6.45, 7) is 9.82. The molecule has 10 rings (SSSR count). The average molecular weight is 1090 g/mol. The monoisotopic (exact) mass is 1090 g/mol. The number of aromatic nitrogens is 10. The number of aryl methyl sites for hydroxylation is 2. The first-order valence-corrected chi connectivity index (χ1v) is 32.4. The Morgan fingerprint density at radius 2 is 1.16 bits per heavy atom. The van der Waals surface area contributed by atoms with Crippen molar-refractivity contribution in [3.8, 4) is 11.5 Å². The van der Waals surface area contributed by atoms with Crippen molar-refractivity contribution in [3.63, 3.8) is 0 Å². The second-order valence-electron chi connectivity index (χ2n) is 19.8. The topological polar surface area (TPSA) is 172 Å². The van der Waals surface area contributed by atoms with E-state index in [1.54, 1.807) is 10.8 Å². The third-order valence-electron chi connectivity index (χ3n) is 15.6. The minimum atomic E-state index is -2.95. The fourth-order valence-corrected chi connectivity index (χ4v) is 27.9. The second-order valence-corrected chi connectivity index (χ2v) is 33.2. The molecule has 0 spiro atoms. The van der Waals surface area contributed by atoms with Crippen LogP contribution in [0.2, 0.25) is 18.6 Å². The number of alkyl halides is 4. The number of methoxy groups -OCH3 is 2. The van der Waals surface area contributed by atoms with Crippen molar-refractivity contribution >= 4 is 57.3 Å². The van der Waals surface area contributed by atoms with Crippen molar-refractivity contribution < 1.29 is 36.6 Å². The van der Waals surface area contributed by atoms with Crippen LogP contribution < -0.4 is 13.5 Å². The van der Waals surface area contributed by atoms with Crippen LogP contribution in [0.15, 0.2) is 12.4 Å². The molecule has 0 amide bonds. The third kappa shape index (κ3) is 10.6. The Morgan fingerprint density at radius 1 is 0.681 bits per heavy atom. The van der Waals surface area contributed by atoms with Crippen molar-refractivity contribution in [2.75, 3.05) is 50.2 Å². The maximum absolute atomic E-state index is 14.5. The van der Waals surface area contributed by atoms with Crippen LogP contribution in [0.5, 0.6) is 0 Å². The first-order chi connectivity index (χ1) is 33.0. The van der Waals surface area contributed by atoms with Crippen LogP contribution in [0.3, 0.4) is 0 Å². The molecule has 0 N–H and O–H groups in total. The van der Waals surface area contributed by atoms with Gasteiger partial charge in [-0.05, 0) is 60.0 Å². The van der Waals surface area contributed by atoms with Gasteiger partial charge in [0.25, 0.3) is 11.8 Å². The zero-order valence-electron chi connectivity index (χ0n) is 40.7. The van der Waals surface area contributed by atoms with Crippen molar-refractivity contribution in [1.29, 1.82) is 0 Å². The largest absolute Gasteiger partial charge is 0.469 e. The van der Waals surface area contributed by atoms with Crippen molar-refractivity contribution in [3.05, 3.63) is 40.2 Å². The Morgan fingerprint density at radius 3 is 1.59 bits per heavy atom. The minimum absolute atomic E-state index is 0.132. The molecular weight excluding hydrogens is 1030 g/mol. The molecule has 0 radical (unpaired) electrons. The number of unbranched alkanes of at least 4 members (excludes halogenated alkanes) is 2. The number of rotatable bonds is 16. The van der Waals surface area contributed by atoms with Gasteiger partial charge in [0.1, 0.15) is 28.7 Å². The number of carbonyl (C=O) groups is 2. The Hall–Kier alpha value is -4.21. The first kappa shape index (κ1) is 51.2. The van der Waals surface area contributed by atoms with Gasteiger partial charge in [0.15, 0.2) is 5.82 Å². The van der Waals surface area contributed by atoms with Gasteiger partial charge in [0.05, 0.1) is 20.4 Å². The van der Waals surface area contributed by atoms with E-state index in [1.165, 1.54) is 70.5 Å². The second kappa shape index (κ2) is 20.9. The predicted molar refractivity (Wildman–Crippen MR) is 253 cm³/mol. The molecule has 4 aromatic heterocycles. The molecule has 4 aliphatic carbocycles. The molecule has 2 aliphatic heterocycles. The summed E-state index contributed by atoms with van der Waals surface area (Å²) in [6, 6.07) is 0. The summed E-state index contributed by atoms with van der Waals surface area (Å²) in [5, 5.41) is 15.9. The van der Waals surface area contributed by atoms with Gasteiger partial charge in [-0.25, -0.2) is 24.6 Å². The standard InChI is InChI=1S/C18H20F2N6O2.C15H16ClF2N3O2.2C4H9.C3H4N3.C3H7.Sn/c1-25-13(6-21-24-25)16-22-15-9(3-4-18(15,19)20)17(23-16)26-7-11-10(12(11)8-26)5-14(27)28-2;1-23-11(22)4-8-9-5-21(6-10(8)9)13-7-2-3-15(17,18)12(7)19-14(16)20-13;2*1-3-4-2;1-6-3-2-4-5-6;1-3-2;/h6,10-12H,3-5,7-8H2,1-2H3;8-10H,2-6H2,1H3;2*1,3-4H2,2H3;2H,1H3;1,3H2,2H3;/t10?,11-,12+;8?,9-,10+;;;;;. The van der Waals surface area contributed by atoms with E-state index in [9.17, 15) is 27.2 Å². The molecule has 4 aromatic rings. The fraction of sp³-hybridized carbons (Fsp3) is 0.702. The number of piperidine rings is 2. The molecule has 6 atom stereocenters. The van der Waals surface area contributed by atoms with E-state index in [2.05, 4.69) is 84.2 Å². The molecule has 2 unspecified atom stereocenters. The summed E-state index contributed by atoms with van der Waals surface area (Å²) < 4.78 is 75.7. The van der Waals surface area contributed by atoms with Crippen LogP contribution in [0.4, 0.5) is 29.2 Å². The van der Waals surface area contributed by atoms with E-state index in [1.807, 2.05) is 4.90 Å². The molecule has 6 aliphatic rings. The Bertz CT molecular complexity index is 2460. The summed E-state index contributed by atoms with van der Waals surface area (Å²) in [7, 11) is 6.55. The van der Waals surface area contributed by atoms with Gasteiger partial charge < -0.3 is 19.3 Å². The van der Waals surface area contributed by atoms with Crippen LogP contribution in [-0.2, 0) is 57.8 Å². The molecule has 2 saturated carbocycles. The van der Waals surface area contributed by atoms with Crippen LogP contribution in [0.1, 0.15) is 101 Å². The van der Waals surface area contributed by atoms with E-state index in [0.29, 0.717) is 89.9 Å². The smallest absolute Gasteiger partial charge is 0.305 e. The van der Waals surface area contributed by atoms with E-state index in [0.717, 1.165) is 13.1 Å². The maximum atomic E-state index is 14.5. The predicted octanol–water partition coefficient (Wildman–Crippen LogP) is 7.45. The van der Waals surface area contributed by atoms with E-state index in [-0.39, 0.29) is 60.1 Å². The van der Waals surface area contributed by atoms with E-state index in [4.69, 9.17) is 21.1 Å². The third-order valence-corrected chi connectivity index (χ3v) is 31.8. The van der Waals surface area contributed by atoms with Crippen LogP contribution in [-0.4, -0.2) is 121 Å². The van der Waals surface area contributed by atoms with Gasteiger partial charge in [-0.3, -0.25) is 9.59 Å². The molecule has 376 valence electrons. The van der Waals surface area contributed by atoms with Gasteiger partial charge in [-0.2, -0.15) is 17.6 Å². The molecule has 4 fully saturated rings. The molecule has 69 heavy (non-hydrogen) atoms. The van der Waals surface area contributed by atoms with Gasteiger partial charge in [-0.15, -0.1) is 5.10 Å². The summed E-state index contributed by atoms with van der Waals surface area (Å²) >= 11 is 3.63. The molecular formula is C47H65ClF4N12O4Sn. The summed E-state index contributed by atoms with van der Waals surface area (Å²) in [4.78, 5) is 43.7. The van der Waals surface area contributed by atoms with Crippen LogP contribution >= 0.6 is 11.6 Å². The number of fused-ring (bicyclic) bond motifs is 4. The minimum Gasteiger partial charge on any atom is -0.469 e. The molecule has 0 bridgehead atoms. The number of carbonyl (C=O) groups excluding carboxylic acids is 2. The number of hydrogen-bond donors (Lipinski definition) is 0. The van der Waals surface area contributed by atoms with Crippen molar-refractivity contribution in [1.82, 2.24) is 49.9 Å². The van der Waals surface area contributed by atoms with Gasteiger partial charge in [0, 0.05) is 70.0 Å².